The maximum atomic E-state index is 11.2. The van der Waals surface area contributed by atoms with Crippen molar-refractivity contribution in [1.29, 1.82) is 0 Å². The van der Waals surface area contributed by atoms with Gasteiger partial charge in [-0.05, 0) is 33.6 Å². The van der Waals surface area contributed by atoms with Gasteiger partial charge in [-0.25, -0.2) is 0 Å². The first kappa shape index (κ1) is 13.5. The Balaban J connectivity index is 1.76. The summed E-state index contributed by atoms with van der Waals surface area (Å²) in [6.07, 6.45) is 2.00. The van der Waals surface area contributed by atoms with Crippen molar-refractivity contribution >= 4 is 11.7 Å². The lowest BCUT2D eigenvalue weighted by molar-refractivity contribution is -0.143. The van der Waals surface area contributed by atoms with Crippen LogP contribution in [0.25, 0.3) is 0 Å². The third kappa shape index (κ3) is 3.09. The molecule has 0 aromatic heterocycles. The van der Waals surface area contributed by atoms with Crippen molar-refractivity contribution in [3.8, 4) is 0 Å². The molecular formula is C13H21NO4. The van der Waals surface area contributed by atoms with Crippen molar-refractivity contribution in [2.75, 3.05) is 13.2 Å². The predicted molar refractivity (Wildman–Crippen MR) is 66.6 cm³/mol. The fourth-order valence-corrected chi connectivity index (χ4v) is 2.42. The van der Waals surface area contributed by atoms with Gasteiger partial charge in [0.2, 0.25) is 0 Å². The fraction of sp³-hybridized carbons (Fsp3) is 0.846. The molecule has 2 heterocycles. The average molecular weight is 255 g/mol. The summed E-state index contributed by atoms with van der Waals surface area (Å²) < 4.78 is 16.5. The van der Waals surface area contributed by atoms with Crippen molar-refractivity contribution in [2.45, 2.75) is 58.0 Å². The van der Waals surface area contributed by atoms with Gasteiger partial charge >= 0.3 is 5.97 Å². The summed E-state index contributed by atoms with van der Waals surface area (Å²) in [5, 5.41) is 0. The summed E-state index contributed by atoms with van der Waals surface area (Å²) in [7, 11) is 0. The fourth-order valence-electron chi connectivity index (χ4n) is 2.42. The second-order valence-corrected chi connectivity index (χ2v) is 5.09. The number of ether oxygens (including phenoxy) is 3. The topological polar surface area (TPSA) is 57.1 Å². The van der Waals surface area contributed by atoms with Crippen LogP contribution in [0.1, 0.15) is 40.0 Å². The molecule has 0 radical (unpaired) electrons. The molecule has 0 aliphatic carbocycles. The molecule has 2 aliphatic rings. The van der Waals surface area contributed by atoms with Crippen molar-refractivity contribution < 1.29 is 19.0 Å². The van der Waals surface area contributed by atoms with Crippen LogP contribution in [0, 0.1) is 0 Å². The molecule has 2 atom stereocenters. The Morgan fingerprint density at radius 2 is 2.28 bits per heavy atom. The Kier molecular flexibility index (Phi) is 4.02. The molecule has 1 fully saturated rings. The molecule has 0 aromatic rings. The van der Waals surface area contributed by atoms with Gasteiger partial charge in [0.15, 0.2) is 5.79 Å². The quantitative estimate of drug-likeness (QED) is 0.701. The van der Waals surface area contributed by atoms with Crippen LogP contribution in [0.5, 0.6) is 0 Å². The molecule has 0 aromatic carbocycles. The zero-order valence-electron chi connectivity index (χ0n) is 11.3. The monoisotopic (exact) mass is 255 g/mol. The molecule has 0 bridgehead atoms. The highest BCUT2D eigenvalue weighted by molar-refractivity contribution is 5.91. The van der Waals surface area contributed by atoms with Crippen LogP contribution in [0.4, 0.5) is 0 Å². The minimum Gasteiger partial charge on any atom is -0.466 e. The first-order valence-electron chi connectivity index (χ1n) is 6.56. The number of carbonyl (C=O) groups excluding carboxylic acids is 1. The summed E-state index contributed by atoms with van der Waals surface area (Å²) in [5.74, 6) is -0.658. The van der Waals surface area contributed by atoms with Crippen molar-refractivity contribution in [1.82, 2.24) is 0 Å². The number of carbonyl (C=O) groups is 1. The molecule has 5 nitrogen and oxygen atoms in total. The van der Waals surface area contributed by atoms with Gasteiger partial charge in [-0.3, -0.25) is 9.79 Å². The average Bonchev–Trinajstić information content (AvgIpc) is 2.75. The molecule has 18 heavy (non-hydrogen) atoms. The van der Waals surface area contributed by atoms with E-state index in [9.17, 15) is 4.79 Å². The number of hydrogen-bond donors (Lipinski definition) is 0. The Hall–Kier alpha value is -0.940. The SMILES string of the molecule is CCOC(=O)CCCC1=NCC2OC(C)(C)OC12. The molecule has 0 saturated carbocycles. The molecule has 1 saturated heterocycles. The Morgan fingerprint density at radius 3 is 3.00 bits per heavy atom. The summed E-state index contributed by atoms with van der Waals surface area (Å²) >= 11 is 0. The molecular weight excluding hydrogens is 234 g/mol. The van der Waals surface area contributed by atoms with Crippen LogP contribution in [-0.4, -0.2) is 42.8 Å². The van der Waals surface area contributed by atoms with Gasteiger partial charge in [-0.1, -0.05) is 0 Å². The lowest BCUT2D eigenvalue weighted by atomic mass is 10.1. The van der Waals surface area contributed by atoms with E-state index in [1.54, 1.807) is 0 Å². The van der Waals surface area contributed by atoms with E-state index in [2.05, 4.69) is 4.99 Å². The van der Waals surface area contributed by atoms with E-state index >= 15 is 0 Å². The second-order valence-electron chi connectivity index (χ2n) is 5.09. The number of esters is 1. The van der Waals surface area contributed by atoms with E-state index in [0.29, 0.717) is 19.6 Å². The van der Waals surface area contributed by atoms with Crippen molar-refractivity contribution in [2.24, 2.45) is 4.99 Å². The summed E-state index contributed by atoms with van der Waals surface area (Å²) in [4.78, 5) is 15.7. The third-order valence-electron chi connectivity index (χ3n) is 3.11. The molecule has 2 rings (SSSR count). The number of aliphatic imine (C=N–C) groups is 1. The molecule has 102 valence electrons. The Bertz CT molecular complexity index is 351. The van der Waals surface area contributed by atoms with E-state index < -0.39 is 5.79 Å². The molecule has 0 N–H and O–H groups in total. The van der Waals surface area contributed by atoms with Gasteiger partial charge in [0.1, 0.15) is 12.2 Å². The Labute approximate surface area is 108 Å². The van der Waals surface area contributed by atoms with E-state index in [1.807, 2.05) is 20.8 Å². The summed E-state index contributed by atoms with van der Waals surface area (Å²) in [5.41, 5.74) is 1.02. The van der Waals surface area contributed by atoms with Gasteiger partial charge in [-0.15, -0.1) is 0 Å². The lowest BCUT2D eigenvalue weighted by Gasteiger charge is -2.18. The van der Waals surface area contributed by atoms with E-state index in [4.69, 9.17) is 14.2 Å². The second kappa shape index (κ2) is 5.36. The zero-order valence-corrected chi connectivity index (χ0v) is 11.3. The van der Waals surface area contributed by atoms with Gasteiger partial charge < -0.3 is 14.2 Å². The molecule has 5 heteroatoms. The number of nitrogens with zero attached hydrogens (tertiary/aromatic N) is 1. The van der Waals surface area contributed by atoms with E-state index in [0.717, 1.165) is 18.6 Å². The normalized spacial score (nSPS) is 28.9. The van der Waals surface area contributed by atoms with E-state index in [1.165, 1.54) is 0 Å². The zero-order chi connectivity index (χ0) is 13.2. The van der Waals surface area contributed by atoms with Crippen LogP contribution < -0.4 is 0 Å². The molecule has 2 unspecified atom stereocenters. The van der Waals surface area contributed by atoms with Crippen LogP contribution >= 0.6 is 0 Å². The molecule has 0 spiro atoms. The Morgan fingerprint density at radius 1 is 1.50 bits per heavy atom. The highest BCUT2D eigenvalue weighted by Crippen LogP contribution is 2.33. The smallest absolute Gasteiger partial charge is 0.305 e. The largest absolute Gasteiger partial charge is 0.466 e. The number of hydrogen-bond acceptors (Lipinski definition) is 5. The van der Waals surface area contributed by atoms with Gasteiger partial charge in [0, 0.05) is 12.1 Å². The van der Waals surface area contributed by atoms with Crippen LogP contribution in [0.3, 0.4) is 0 Å². The maximum absolute atomic E-state index is 11.2. The number of fused-ring (bicyclic) bond motifs is 1. The van der Waals surface area contributed by atoms with Crippen LogP contribution in [0.2, 0.25) is 0 Å². The molecule has 2 aliphatic heterocycles. The van der Waals surface area contributed by atoms with Crippen molar-refractivity contribution in [3.05, 3.63) is 0 Å². The molecule has 0 amide bonds. The van der Waals surface area contributed by atoms with E-state index in [-0.39, 0.29) is 18.2 Å². The number of rotatable bonds is 5. The highest BCUT2D eigenvalue weighted by atomic mass is 16.8. The summed E-state index contributed by atoms with van der Waals surface area (Å²) in [6, 6.07) is 0. The van der Waals surface area contributed by atoms with Crippen LogP contribution in [-0.2, 0) is 19.0 Å². The standard InChI is InChI=1S/C13H21NO4/c1-4-16-11(15)7-5-6-9-12-10(8-14-9)17-13(2,3)18-12/h10,12H,4-8H2,1-3H3. The minimum atomic E-state index is -0.516. The minimum absolute atomic E-state index is 0.0257. The summed E-state index contributed by atoms with van der Waals surface area (Å²) in [6.45, 7) is 6.76. The first-order chi connectivity index (χ1) is 8.52. The van der Waals surface area contributed by atoms with Gasteiger partial charge in [0.25, 0.3) is 0 Å². The predicted octanol–water partition coefficient (Wildman–Crippen LogP) is 1.69. The van der Waals surface area contributed by atoms with Gasteiger partial charge in [0.05, 0.1) is 13.2 Å². The maximum Gasteiger partial charge on any atom is 0.305 e. The van der Waals surface area contributed by atoms with Gasteiger partial charge in [-0.2, -0.15) is 0 Å². The van der Waals surface area contributed by atoms with Crippen molar-refractivity contribution in [3.63, 3.8) is 0 Å². The first-order valence-corrected chi connectivity index (χ1v) is 6.56. The van der Waals surface area contributed by atoms with Crippen LogP contribution in [0.15, 0.2) is 4.99 Å². The third-order valence-corrected chi connectivity index (χ3v) is 3.11. The lowest BCUT2D eigenvalue weighted by Crippen LogP contribution is -2.27. The highest BCUT2D eigenvalue weighted by Gasteiger charge is 2.46.